The van der Waals surface area contributed by atoms with Crippen LogP contribution in [0.4, 0.5) is 11.4 Å². The number of nitrogens with one attached hydrogen (secondary N) is 3. The number of aromatic amines is 1. The first-order valence-electron chi connectivity index (χ1n) is 13.1. The molecule has 0 aliphatic carbocycles. The van der Waals surface area contributed by atoms with E-state index in [0.29, 0.717) is 16.1 Å². The van der Waals surface area contributed by atoms with Crippen LogP contribution in [0.15, 0.2) is 71.8 Å². The van der Waals surface area contributed by atoms with Gasteiger partial charge in [-0.3, -0.25) is 13.9 Å². The van der Waals surface area contributed by atoms with E-state index >= 15 is 0 Å². The fourth-order valence-electron chi connectivity index (χ4n) is 5.16. The maximum atomic E-state index is 14.2. The summed E-state index contributed by atoms with van der Waals surface area (Å²) < 4.78 is 34.3. The van der Waals surface area contributed by atoms with Gasteiger partial charge in [-0.15, -0.1) is 0 Å². The van der Waals surface area contributed by atoms with Gasteiger partial charge in [-0.1, -0.05) is 41.9 Å². The van der Waals surface area contributed by atoms with Gasteiger partial charge in [0.05, 0.1) is 29.8 Å². The quantitative estimate of drug-likeness (QED) is 0.256. The lowest BCUT2D eigenvalue weighted by Crippen LogP contribution is -2.54. The van der Waals surface area contributed by atoms with Crippen LogP contribution in [0, 0.1) is 13.8 Å². The molecule has 0 radical (unpaired) electrons. The number of nitrogens with zero attached hydrogens (tertiary/aromatic N) is 1. The van der Waals surface area contributed by atoms with Gasteiger partial charge >= 0.3 is 5.97 Å². The van der Waals surface area contributed by atoms with Gasteiger partial charge in [-0.05, 0) is 60.9 Å². The van der Waals surface area contributed by atoms with E-state index in [-0.39, 0.29) is 22.7 Å². The van der Waals surface area contributed by atoms with Gasteiger partial charge in [0.2, 0.25) is 11.8 Å². The fraction of sp³-hybridized carbons (Fsp3) is 0.233. The van der Waals surface area contributed by atoms with Gasteiger partial charge in [-0.25, -0.2) is 13.2 Å². The molecular formula is C30H29ClN4O6S. The van der Waals surface area contributed by atoms with Crippen LogP contribution in [-0.4, -0.2) is 50.4 Å². The van der Waals surface area contributed by atoms with E-state index in [1.165, 1.54) is 13.2 Å². The summed E-state index contributed by atoms with van der Waals surface area (Å²) in [5.41, 5.74) is 3.09. The van der Waals surface area contributed by atoms with Gasteiger partial charge in [0.1, 0.15) is 12.1 Å². The first kappa shape index (κ1) is 29.2. The highest BCUT2D eigenvalue weighted by molar-refractivity contribution is 7.93. The van der Waals surface area contributed by atoms with Gasteiger partial charge < -0.3 is 20.4 Å². The number of sulfonamides is 1. The zero-order chi connectivity index (χ0) is 30.2. The molecule has 3 N–H and O–H groups in total. The Labute approximate surface area is 248 Å². The molecule has 4 aromatic rings. The van der Waals surface area contributed by atoms with Crippen LogP contribution in [-0.2, 0) is 35.6 Å². The molecule has 1 aromatic heterocycles. The molecule has 0 fully saturated rings. The zero-order valence-corrected chi connectivity index (χ0v) is 24.7. The molecule has 2 unspecified atom stereocenters. The van der Waals surface area contributed by atoms with Crippen molar-refractivity contribution < 1.29 is 27.5 Å². The largest absolute Gasteiger partial charge is 0.467 e. The second-order valence-electron chi connectivity index (χ2n) is 10.1. The molecule has 0 spiro atoms. The number of amides is 2. The van der Waals surface area contributed by atoms with Crippen molar-refractivity contribution in [2.45, 2.75) is 43.7 Å². The highest BCUT2D eigenvalue weighted by atomic mass is 35.5. The Kier molecular flexibility index (Phi) is 7.98. The summed E-state index contributed by atoms with van der Waals surface area (Å²) in [6.07, 6.45) is 1.32. The number of anilines is 2. The summed E-state index contributed by atoms with van der Waals surface area (Å²) in [6, 6.07) is 14.5. The normalized spacial score (nSPS) is 15.6. The number of hydrogen-bond acceptors (Lipinski definition) is 6. The summed E-state index contributed by atoms with van der Waals surface area (Å²) in [5, 5.41) is 6.65. The molecular weight excluding hydrogens is 580 g/mol. The molecule has 5 rings (SSSR count). The standard InChI is InChI=1S/C30H29ClN4O6S/c1-17-13-27(18(2)12-21(17)31)42(39,40)35-25-11-7-6-10-23(25)34-29(37)26(35)15-28(36)33-24(30(38)41-3)14-19-16-32-22-9-5-4-8-20(19)22/h4-13,16,24,26,32H,14-15H2,1-3H3,(H,33,36)(H,34,37). The van der Waals surface area contributed by atoms with Crippen molar-refractivity contribution in [3.63, 3.8) is 0 Å². The Hall–Kier alpha value is -4.35. The van der Waals surface area contributed by atoms with Crippen molar-refractivity contribution in [2.75, 3.05) is 16.7 Å². The Morgan fingerprint density at radius 3 is 2.55 bits per heavy atom. The second-order valence-corrected chi connectivity index (χ2v) is 12.3. The van der Waals surface area contributed by atoms with E-state index in [1.54, 1.807) is 50.4 Å². The molecule has 12 heteroatoms. The predicted octanol–water partition coefficient (Wildman–Crippen LogP) is 4.24. The molecule has 0 bridgehead atoms. The molecule has 0 saturated heterocycles. The maximum absolute atomic E-state index is 14.2. The number of hydrogen-bond donors (Lipinski definition) is 3. The highest BCUT2D eigenvalue weighted by Crippen LogP contribution is 2.38. The van der Waals surface area contributed by atoms with Crippen LogP contribution >= 0.6 is 11.6 Å². The van der Waals surface area contributed by atoms with E-state index < -0.39 is 46.3 Å². The Morgan fingerprint density at radius 1 is 1.07 bits per heavy atom. The van der Waals surface area contributed by atoms with Crippen LogP contribution in [0.5, 0.6) is 0 Å². The number of fused-ring (bicyclic) bond motifs is 2. The molecule has 0 saturated carbocycles. The Morgan fingerprint density at radius 2 is 1.79 bits per heavy atom. The minimum absolute atomic E-state index is 0.0360. The van der Waals surface area contributed by atoms with Crippen LogP contribution in [0.25, 0.3) is 10.9 Å². The minimum Gasteiger partial charge on any atom is -0.467 e. The molecule has 218 valence electrons. The number of benzene rings is 3. The first-order chi connectivity index (χ1) is 20.0. The number of halogens is 1. The first-order valence-corrected chi connectivity index (χ1v) is 15.0. The van der Waals surface area contributed by atoms with Gasteiger partial charge in [0.25, 0.3) is 10.0 Å². The number of esters is 1. The number of carbonyl (C=O) groups excluding carboxylic acids is 3. The molecule has 10 nitrogen and oxygen atoms in total. The Balaban J connectivity index is 1.47. The molecule has 2 heterocycles. The average molecular weight is 609 g/mol. The van der Waals surface area contributed by atoms with Crippen molar-refractivity contribution in [1.82, 2.24) is 10.3 Å². The lowest BCUT2D eigenvalue weighted by atomic mass is 10.0. The molecule has 42 heavy (non-hydrogen) atoms. The Bertz CT molecular complexity index is 1820. The SMILES string of the molecule is COC(=O)C(Cc1c[nH]c2ccccc12)NC(=O)CC1C(=O)Nc2ccccc2N1S(=O)(=O)c1cc(C)c(Cl)cc1C. The number of carbonyl (C=O) groups is 3. The number of H-pyrrole nitrogens is 1. The number of ether oxygens (including phenoxy) is 1. The van der Waals surface area contributed by atoms with Gasteiger partial charge in [-0.2, -0.15) is 0 Å². The monoisotopic (exact) mass is 608 g/mol. The summed E-state index contributed by atoms with van der Waals surface area (Å²) >= 11 is 6.23. The van der Waals surface area contributed by atoms with E-state index in [2.05, 4.69) is 15.6 Å². The smallest absolute Gasteiger partial charge is 0.328 e. The number of para-hydroxylation sites is 3. The average Bonchev–Trinajstić information content (AvgIpc) is 3.37. The van der Waals surface area contributed by atoms with Gasteiger partial charge in [0.15, 0.2) is 0 Å². The predicted molar refractivity (Wildman–Crippen MR) is 160 cm³/mol. The minimum atomic E-state index is -4.35. The number of aryl methyl sites for hydroxylation is 2. The number of rotatable bonds is 8. The highest BCUT2D eigenvalue weighted by Gasteiger charge is 2.43. The van der Waals surface area contributed by atoms with Gasteiger partial charge in [0, 0.05) is 28.5 Å². The summed E-state index contributed by atoms with van der Waals surface area (Å²) in [7, 11) is -3.13. The second kappa shape index (κ2) is 11.5. The number of methoxy groups -OCH3 is 1. The third kappa shape index (κ3) is 5.45. The lowest BCUT2D eigenvalue weighted by Gasteiger charge is -2.37. The van der Waals surface area contributed by atoms with Crippen LogP contribution in [0.1, 0.15) is 23.1 Å². The molecule has 2 amide bonds. The van der Waals surface area contributed by atoms with E-state index in [4.69, 9.17) is 16.3 Å². The number of aromatic nitrogens is 1. The van der Waals surface area contributed by atoms with E-state index in [0.717, 1.165) is 20.8 Å². The zero-order valence-electron chi connectivity index (χ0n) is 23.1. The molecule has 1 aliphatic heterocycles. The van der Waals surface area contributed by atoms with E-state index in [1.807, 2.05) is 24.3 Å². The van der Waals surface area contributed by atoms with Crippen molar-refractivity contribution >= 4 is 61.7 Å². The summed E-state index contributed by atoms with van der Waals surface area (Å²) in [4.78, 5) is 42.6. The van der Waals surface area contributed by atoms with Crippen molar-refractivity contribution in [3.05, 3.63) is 88.6 Å². The van der Waals surface area contributed by atoms with Crippen LogP contribution in [0.2, 0.25) is 5.02 Å². The molecule has 3 aromatic carbocycles. The summed E-state index contributed by atoms with van der Waals surface area (Å²) in [6.45, 7) is 3.30. The van der Waals surface area contributed by atoms with Crippen LogP contribution < -0.4 is 14.9 Å². The van der Waals surface area contributed by atoms with Crippen LogP contribution in [0.3, 0.4) is 0 Å². The third-order valence-electron chi connectivity index (χ3n) is 7.28. The van der Waals surface area contributed by atoms with Crippen molar-refractivity contribution in [1.29, 1.82) is 0 Å². The summed E-state index contributed by atoms with van der Waals surface area (Å²) in [5.74, 6) is -2.06. The van der Waals surface area contributed by atoms with Crippen molar-refractivity contribution in [3.8, 4) is 0 Å². The van der Waals surface area contributed by atoms with Crippen molar-refractivity contribution in [2.24, 2.45) is 0 Å². The maximum Gasteiger partial charge on any atom is 0.328 e. The third-order valence-corrected chi connectivity index (χ3v) is 9.65. The fourth-order valence-corrected chi connectivity index (χ4v) is 7.30. The topological polar surface area (TPSA) is 138 Å². The van der Waals surface area contributed by atoms with E-state index in [9.17, 15) is 22.8 Å². The molecule has 2 atom stereocenters. The molecule has 1 aliphatic rings. The lowest BCUT2D eigenvalue weighted by molar-refractivity contribution is -0.145.